The van der Waals surface area contributed by atoms with E-state index in [1.54, 1.807) is 0 Å². The van der Waals surface area contributed by atoms with Crippen LogP contribution in [-0.2, 0) is 6.42 Å². The van der Waals surface area contributed by atoms with Gasteiger partial charge in [-0.2, -0.15) is 0 Å². The zero-order valence-corrected chi connectivity index (χ0v) is 11.3. The Bertz CT molecular complexity index is 645. The first-order valence-electron chi connectivity index (χ1n) is 6.70. The minimum atomic E-state index is 0.213. The van der Waals surface area contributed by atoms with E-state index in [4.69, 9.17) is 0 Å². The smallest absolute Gasteiger partial charge is 0.165 e. The first-order valence-corrected chi connectivity index (χ1v) is 6.70. The van der Waals surface area contributed by atoms with E-state index in [2.05, 4.69) is 23.2 Å². The molecule has 1 aromatic carbocycles. The number of benzene rings is 1. The second-order valence-corrected chi connectivity index (χ2v) is 5.31. The van der Waals surface area contributed by atoms with Gasteiger partial charge in [0.2, 0.25) is 0 Å². The van der Waals surface area contributed by atoms with Crippen LogP contribution in [0.15, 0.2) is 36.4 Å². The highest BCUT2D eigenvalue weighted by molar-refractivity contribution is 5.97. The van der Waals surface area contributed by atoms with Crippen LogP contribution in [0.4, 0.5) is 0 Å². The fourth-order valence-electron chi connectivity index (χ4n) is 2.86. The molecule has 0 amide bonds. The van der Waals surface area contributed by atoms with Gasteiger partial charge in [0.05, 0.1) is 0 Å². The fourth-order valence-corrected chi connectivity index (χ4v) is 2.86. The van der Waals surface area contributed by atoms with Gasteiger partial charge in [-0.05, 0) is 49.4 Å². The van der Waals surface area contributed by atoms with Crippen molar-refractivity contribution < 1.29 is 4.79 Å². The molecule has 0 saturated carbocycles. The van der Waals surface area contributed by atoms with Crippen LogP contribution in [0.5, 0.6) is 0 Å². The van der Waals surface area contributed by atoms with Crippen molar-refractivity contribution in [1.29, 1.82) is 0 Å². The number of hydrogen-bond donors (Lipinski definition) is 0. The maximum Gasteiger partial charge on any atom is 0.165 e. The van der Waals surface area contributed by atoms with Gasteiger partial charge in [-0.1, -0.05) is 24.3 Å². The van der Waals surface area contributed by atoms with E-state index >= 15 is 0 Å². The predicted octanol–water partition coefficient (Wildman–Crippen LogP) is 3.61. The quantitative estimate of drug-likeness (QED) is 0.780. The predicted molar refractivity (Wildman–Crippen MR) is 75.5 cm³/mol. The van der Waals surface area contributed by atoms with Crippen molar-refractivity contribution in [1.82, 2.24) is 4.98 Å². The zero-order chi connectivity index (χ0) is 13.4. The molecule has 1 aromatic heterocycles. The number of fused-ring (bicyclic) bond motifs is 1. The van der Waals surface area contributed by atoms with Gasteiger partial charge in [-0.3, -0.25) is 9.78 Å². The Morgan fingerprint density at radius 3 is 2.74 bits per heavy atom. The average Bonchev–Trinajstić information content (AvgIpc) is 2.35. The minimum absolute atomic E-state index is 0.213. The van der Waals surface area contributed by atoms with E-state index in [9.17, 15) is 4.79 Å². The first-order chi connectivity index (χ1) is 9.15. The molecule has 0 spiro atoms. The Balaban J connectivity index is 1.77. The van der Waals surface area contributed by atoms with Crippen LogP contribution in [0.25, 0.3) is 0 Å². The molecule has 1 aliphatic carbocycles. The van der Waals surface area contributed by atoms with Gasteiger partial charge in [-0.15, -0.1) is 0 Å². The number of nitrogens with zero attached hydrogens (tertiary/aromatic N) is 1. The molecule has 1 unspecified atom stereocenters. The Kier molecular flexibility index (Phi) is 2.94. The number of hydrogen-bond acceptors (Lipinski definition) is 2. The van der Waals surface area contributed by atoms with Crippen molar-refractivity contribution in [3.05, 3.63) is 64.5 Å². The lowest BCUT2D eigenvalue weighted by molar-refractivity contribution is 0.0969. The minimum Gasteiger partial charge on any atom is -0.294 e. The monoisotopic (exact) mass is 251 g/mol. The summed E-state index contributed by atoms with van der Waals surface area (Å²) >= 11 is 0. The van der Waals surface area contributed by atoms with Crippen molar-refractivity contribution in [3.8, 4) is 0 Å². The highest BCUT2D eigenvalue weighted by Gasteiger charge is 2.28. The third kappa shape index (κ3) is 2.19. The summed E-state index contributed by atoms with van der Waals surface area (Å²) in [6.45, 7) is 3.86. The number of aromatic nitrogens is 1. The Morgan fingerprint density at radius 2 is 2.00 bits per heavy atom. The number of aryl methyl sites for hydroxylation is 2. The number of pyridine rings is 1. The molecule has 1 aliphatic rings. The largest absolute Gasteiger partial charge is 0.294 e. The molecule has 0 aliphatic heterocycles. The normalized spacial score (nSPS) is 16.6. The molecular weight excluding hydrogens is 234 g/mol. The third-order valence-electron chi connectivity index (χ3n) is 3.92. The van der Waals surface area contributed by atoms with Gasteiger partial charge in [0, 0.05) is 23.4 Å². The van der Waals surface area contributed by atoms with E-state index < -0.39 is 0 Å². The van der Waals surface area contributed by atoms with Crippen LogP contribution in [0, 0.1) is 13.8 Å². The zero-order valence-electron chi connectivity index (χ0n) is 11.3. The van der Waals surface area contributed by atoms with Gasteiger partial charge in [0.1, 0.15) is 0 Å². The van der Waals surface area contributed by atoms with Crippen molar-refractivity contribution in [3.63, 3.8) is 0 Å². The molecule has 0 radical (unpaired) electrons. The summed E-state index contributed by atoms with van der Waals surface area (Å²) in [5.41, 5.74) is 5.31. The molecule has 1 atom stereocenters. The molecule has 0 fully saturated rings. The van der Waals surface area contributed by atoms with Crippen LogP contribution in [0.3, 0.4) is 0 Å². The van der Waals surface area contributed by atoms with E-state index in [-0.39, 0.29) is 5.78 Å². The van der Waals surface area contributed by atoms with Crippen molar-refractivity contribution >= 4 is 5.78 Å². The van der Waals surface area contributed by atoms with Crippen molar-refractivity contribution in [2.75, 3.05) is 0 Å². The second-order valence-electron chi connectivity index (χ2n) is 5.31. The molecule has 2 nitrogen and oxygen atoms in total. The lowest BCUT2D eigenvalue weighted by Crippen LogP contribution is -2.20. The molecule has 3 rings (SSSR count). The average molecular weight is 251 g/mol. The van der Waals surface area contributed by atoms with E-state index in [1.165, 1.54) is 11.1 Å². The standard InChI is InChI=1S/C17H17NO/c1-11-7-8-15(12(2)18-11)17(19)10-14-9-13-5-3-4-6-16(13)14/h3-8,14H,9-10H2,1-2H3. The van der Waals surface area contributed by atoms with Gasteiger partial charge in [0.25, 0.3) is 0 Å². The topological polar surface area (TPSA) is 30.0 Å². The van der Waals surface area contributed by atoms with Crippen LogP contribution >= 0.6 is 0 Å². The van der Waals surface area contributed by atoms with Crippen molar-refractivity contribution in [2.24, 2.45) is 0 Å². The Morgan fingerprint density at radius 1 is 1.21 bits per heavy atom. The second kappa shape index (κ2) is 4.61. The summed E-state index contributed by atoms with van der Waals surface area (Å²) in [6, 6.07) is 12.2. The molecule has 0 saturated heterocycles. The molecular formula is C17H17NO. The summed E-state index contributed by atoms with van der Waals surface area (Å²) < 4.78 is 0. The van der Waals surface area contributed by atoms with Crippen LogP contribution < -0.4 is 0 Å². The van der Waals surface area contributed by atoms with E-state index in [0.717, 1.165) is 23.4 Å². The van der Waals surface area contributed by atoms with E-state index in [0.29, 0.717) is 12.3 Å². The van der Waals surface area contributed by atoms with Gasteiger partial charge >= 0.3 is 0 Å². The molecule has 0 N–H and O–H groups in total. The Labute approximate surface area is 113 Å². The molecule has 2 aromatic rings. The molecule has 0 bridgehead atoms. The lowest BCUT2D eigenvalue weighted by atomic mass is 9.74. The van der Waals surface area contributed by atoms with Crippen LogP contribution in [0.2, 0.25) is 0 Å². The number of rotatable bonds is 3. The van der Waals surface area contributed by atoms with Crippen LogP contribution in [0.1, 0.15) is 45.2 Å². The molecule has 19 heavy (non-hydrogen) atoms. The third-order valence-corrected chi connectivity index (χ3v) is 3.92. The summed E-state index contributed by atoms with van der Waals surface area (Å²) in [7, 11) is 0. The highest BCUT2D eigenvalue weighted by Crippen LogP contribution is 2.38. The summed E-state index contributed by atoms with van der Waals surface area (Å²) in [4.78, 5) is 16.7. The highest BCUT2D eigenvalue weighted by atomic mass is 16.1. The van der Waals surface area contributed by atoms with Gasteiger partial charge < -0.3 is 0 Å². The first kappa shape index (κ1) is 12.1. The summed E-state index contributed by atoms with van der Waals surface area (Å²) in [5.74, 6) is 0.605. The van der Waals surface area contributed by atoms with Crippen molar-refractivity contribution in [2.45, 2.75) is 32.6 Å². The SMILES string of the molecule is Cc1ccc(C(=O)CC2Cc3ccccc32)c(C)n1. The van der Waals surface area contributed by atoms with Crippen LogP contribution in [-0.4, -0.2) is 10.8 Å². The molecule has 1 heterocycles. The van der Waals surface area contributed by atoms with E-state index in [1.807, 2.05) is 32.0 Å². The fraction of sp³-hybridized carbons (Fsp3) is 0.294. The molecule has 2 heteroatoms. The lowest BCUT2D eigenvalue weighted by Gasteiger charge is -2.29. The Hall–Kier alpha value is -1.96. The maximum absolute atomic E-state index is 12.3. The van der Waals surface area contributed by atoms with Gasteiger partial charge in [0.15, 0.2) is 5.78 Å². The molecule has 96 valence electrons. The number of ketones is 1. The number of Topliss-reactive ketones (excluding diaryl/α,β-unsaturated/α-hetero) is 1. The number of carbonyl (C=O) groups is 1. The maximum atomic E-state index is 12.3. The van der Waals surface area contributed by atoms with Gasteiger partial charge in [-0.25, -0.2) is 0 Å². The number of carbonyl (C=O) groups excluding carboxylic acids is 1. The summed E-state index contributed by atoms with van der Waals surface area (Å²) in [5, 5.41) is 0. The summed E-state index contributed by atoms with van der Waals surface area (Å²) in [6.07, 6.45) is 1.63.